The largest absolute Gasteiger partial charge is 0.466 e. The van der Waals surface area contributed by atoms with Crippen LogP contribution in [-0.2, 0) is 14.3 Å². The van der Waals surface area contributed by atoms with Crippen LogP contribution in [0.15, 0.2) is 42.5 Å². The van der Waals surface area contributed by atoms with Crippen molar-refractivity contribution in [3.8, 4) is 11.5 Å². The zero-order chi connectivity index (χ0) is 23.4. The molecule has 7 nitrogen and oxygen atoms in total. The summed E-state index contributed by atoms with van der Waals surface area (Å²) >= 11 is 0. The van der Waals surface area contributed by atoms with Crippen LogP contribution in [-0.4, -0.2) is 49.8 Å². The second-order valence-corrected chi connectivity index (χ2v) is 8.63. The molecule has 2 aliphatic heterocycles. The molecular formula is C26H32N2O5. The maximum absolute atomic E-state index is 13.3. The number of rotatable bonds is 8. The van der Waals surface area contributed by atoms with Gasteiger partial charge in [0.05, 0.1) is 19.1 Å². The van der Waals surface area contributed by atoms with Gasteiger partial charge in [0.15, 0.2) is 11.5 Å². The molecule has 0 saturated carbocycles. The molecule has 3 atom stereocenters. The van der Waals surface area contributed by atoms with Gasteiger partial charge in [-0.2, -0.15) is 0 Å². The topological polar surface area (TPSA) is 77.1 Å². The fourth-order valence-corrected chi connectivity index (χ4v) is 4.76. The molecule has 33 heavy (non-hydrogen) atoms. The molecule has 4 rings (SSSR count). The van der Waals surface area contributed by atoms with E-state index in [2.05, 4.69) is 10.2 Å². The number of ether oxygens (including phenoxy) is 3. The average molecular weight is 453 g/mol. The van der Waals surface area contributed by atoms with Gasteiger partial charge >= 0.3 is 5.97 Å². The molecule has 2 aromatic rings. The van der Waals surface area contributed by atoms with E-state index in [1.54, 1.807) is 0 Å². The predicted molar refractivity (Wildman–Crippen MR) is 124 cm³/mol. The molecule has 2 aromatic carbocycles. The monoisotopic (exact) mass is 452 g/mol. The molecule has 2 heterocycles. The Labute approximate surface area is 195 Å². The normalized spacial score (nSPS) is 21.7. The summed E-state index contributed by atoms with van der Waals surface area (Å²) in [7, 11) is 0. The van der Waals surface area contributed by atoms with Crippen molar-refractivity contribution >= 4 is 11.9 Å². The van der Waals surface area contributed by atoms with E-state index in [1.807, 2.05) is 63.2 Å². The van der Waals surface area contributed by atoms with Crippen molar-refractivity contribution in [2.45, 2.75) is 39.2 Å². The van der Waals surface area contributed by atoms with E-state index in [-0.39, 0.29) is 37.2 Å². The van der Waals surface area contributed by atoms with Gasteiger partial charge in [-0.1, -0.05) is 42.8 Å². The Morgan fingerprint density at radius 3 is 2.52 bits per heavy atom. The van der Waals surface area contributed by atoms with Gasteiger partial charge in [0, 0.05) is 25.0 Å². The van der Waals surface area contributed by atoms with Crippen LogP contribution in [0.5, 0.6) is 11.5 Å². The fourth-order valence-electron chi connectivity index (χ4n) is 4.76. The molecule has 176 valence electrons. The summed E-state index contributed by atoms with van der Waals surface area (Å²) in [5.41, 5.74) is 3.13. The van der Waals surface area contributed by atoms with E-state index in [0.717, 1.165) is 23.1 Å². The van der Waals surface area contributed by atoms with E-state index in [0.29, 0.717) is 31.2 Å². The smallest absolute Gasteiger partial charge is 0.311 e. The fraction of sp³-hybridized carbons (Fsp3) is 0.462. The van der Waals surface area contributed by atoms with Crippen LogP contribution < -0.4 is 14.8 Å². The Bertz CT molecular complexity index is 991. The number of esters is 1. The minimum atomic E-state index is -0.452. The highest BCUT2D eigenvalue weighted by Crippen LogP contribution is 2.48. The summed E-state index contributed by atoms with van der Waals surface area (Å²) in [5, 5.41) is 2.96. The predicted octanol–water partition coefficient (Wildman–Crippen LogP) is 3.57. The summed E-state index contributed by atoms with van der Waals surface area (Å²) in [6, 6.07) is 13.7. The van der Waals surface area contributed by atoms with E-state index in [9.17, 15) is 9.59 Å². The number of nitrogens with one attached hydrogen (secondary N) is 1. The van der Waals surface area contributed by atoms with Crippen molar-refractivity contribution in [1.82, 2.24) is 10.2 Å². The van der Waals surface area contributed by atoms with Crippen molar-refractivity contribution in [3.63, 3.8) is 0 Å². The summed E-state index contributed by atoms with van der Waals surface area (Å²) in [6.45, 7) is 7.79. The van der Waals surface area contributed by atoms with E-state index in [1.165, 1.54) is 0 Å². The molecule has 1 fully saturated rings. The number of hydrogen-bond acceptors (Lipinski definition) is 6. The highest BCUT2D eigenvalue weighted by Gasteiger charge is 2.48. The second kappa shape index (κ2) is 10.3. The standard InChI is InChI=1S/C26H32N2O5/c1-4-12-27-23(29)15-28-14-20(19-10-11-21-22(13-19)33-16-32-21)24(26(30)31-5-2)25(28)18-8-6-17(3)7-9-18/h6-11,13,20,24-25H,4-5,12,14-16H2,1-3H3,(H,27,29). The number of amides is 1. The zero-order valence-electron chi connectivity index (χ0n) is 19.5. The van der Waals surface area contributed by atoms with Gasteiger partial charge in [-0.15, -0.1) is 0 Å². The Morgan fingerprint density at radius 1 is 1.06 bits per heavy atom. The lowest BCUT2D eigenvalue weighted by atomic mass is 9.82. The molecule has 3 unspecified atom stereocenters. The summed E-state index contributed by atoms with van der Waals surface area (Å²) < 4.78 is 16.6. The summed E-state index contributed by atoms with van der Waals surface area (Å²) in [5.74, 6) is 0.498. The molecule has 1 saturated heterocycles. The third-order valence-corrected chi connectivity index (χ3v) is 6.32. The molecule has 0 radical (unpaired) electrons. The van der Waals surface area contributed by atoms with Gasteiger partial charge in [0.2, 0.25) is 12.7 Å². The Morgan fingerprint density at radius 2 is 1.79 bits per heavy atom. The number of carbonyl (C=O) groups excluding carboxylic acids is 2. The van der Waals surface area contributed by atoms with Crippen molar-refractivity contribution < 1.29 is 23.8 Å². The number of fused-ring (bicyclic) bond motifs is 1. The Kier molecular flexibility index (Phi) is 7.18. The van der Waals surface area contributed by atoms with Gasteiger partial charge in [-0.05, 0) is 43.5 Å². The SMILES string of the molecule is CCCNC(=O)CN1CC(c2ccc3c(c2)OCO3)C(C(=O)OCC)C1c1ccc(C)cc1. The van der Waals surface area contributed by atoms with Gasteiger partial charge < -0.3 is 19.5 Å². The van der Waals surface area contributed by atoms with E-state index in [4.69, 9.17) is 14.2 Å². The second-order valence-electron chi connectivity index (χ2n) is 8.63. The average Bonchev–Trinajstić information content (AvgIpc) is 3.42. The van der Waals surface area contributed by atoms with Gasteiger partial charge in [-0.25, -0.2) is 0 Å². The molecule has 0 spiro atoms. The molecule has 0 aliphatic carbocycles. The number of nitrogens with zero attached hydrogens (tertiary/aromatic N) is 1. The van der Waals surface area contributed by atoms with Gasteiger partial charge in [-0.3, -0.25) is 14.5 Å². The van der Waals surface area contributed by atoms with Gasteiger partial charge in [0.1, 0.15) is 0 Å². The van der Waals surface area contributed by atoms with Crippen LogP contribution in [0.25, 0.3) is 0 Å². The van der Waals surface area contributed by atoms with E-state index >= 15 is 0 Å². The molecular weight excluding hydrogens is 420 g/mol. The highest BCUT2D eigenvalue weighted by molar-refractivity contribution is 5.79. The first-order valence-corrected chi connectivity index (χ1v) is 11.6. The number of likely N-dealkylation sites (tertiary alicyclic amines) is 1. The number of carbonyl (C=O) groups is 2. The molecule has 1 amide bonds. The van der Waals surface area contributed by atoms with Crippen molar-refractivity contribution in [1.29, 1.82) is 0 Å². The van der Waals surface area contributed by atoms with Crippen LogP contribution in [0.4, 0.5) is 0 Å². The summed E-state index contributed by atoms with van der Waals surface area (Å²) in [6.07, 6.45) is 0.873. The maximum atomic E-state index is 13.3. The minimum absolute atomic E-state index is 0.0390. The molecule has 7 heteroatoms. The number of hydrogen-bond donors (Lipinski definition) is 1. The first kappa shape index (κ1) is 23.1. The Balaban J connectivity index is 1.72. The van der Waals surface area contributed by atoms with Crippen LogP contribution in [0, 0.1) is 12.8 Å². The third kappa shape index (κ3) is 4.98. The minimum Gasteiger partial charge on any atom is -0.466 e. The van der Waals surface area contributed by atoms with Crippen molar-refractivity contribution in [3.05, 3.63) is 59.2 Å². The van der Waals surface area contributed by atoms with E-state index < -0.39 is 5.92 Å². The number of benzene rings is 2. The highest BCUT2D eigenvalue weighted by atomic mass is 16.7. The molecule has 0 bridgehead atoms. The molecule has 0 aromatic heterocycles. The van der Waals surface area contributed by atoms with Crippen LogP contribution in [0.1, 0.15) is 48.9 Å². The van der Waals surface area contributed by atoms with Crippen molar-refractivity contribution in [2.24, 2.45) is 5.92 Å². The van der Waals surface area contributed by atoms with Crippen molar-refractivity contribution in [2.75, 3.05) is 33.0 Å². The zero-order valence-corrected chi connectivity index (χ0v) is 19.5. The summed E-state index contributed by atoms with van der Waals surface area (Å²) in [4.78, 5) is 28.1. The lowest BCUT2D eigenvalue weighted by molar-refractivity contribution is -0.149. The molecule has 1 N–H and O–H groups in total. The first-order chi connectivity index (χ1) is 16.0. The Hall–Kier alpha value is -3.06. The first-order valence-electron chi connectivity index (χ1n) is 11.6. The number of aryl methyl sites for hydroxylation is 1. The quantitative estimate of drug-likeness (QED) is 0.617. The third-order valence-electron chi connectivity index (χ3n) is 6.32. The van der Waals surface area contributed by atoms with Crippen LogP contribution >= 0.6 is 0 Å². The van der Waals surface area contributed by atoms with Crippen LogP contribution in [0.2, 0.25) is 0 Å². The maximum Gasteiger partial charge on any atom is 0.311 e. The lowest BCUT2D eigenvalue weighted by Gasteiger charge is -2.28. The lowest BCUT2D eigenvalue weighted by Crippen LogP contribution is -2.38. The molecule has 2 aliphatic rings. The van der Waals surface area contributed by atoms with Crippen LogP contribution in [0.3, 0.4) is 0 Å². The van der Waals surface area contributed by atoms with Gasteiger partial charge in [0.25, 0.3) is 0 Å².